The number of hydrogen-bond donors (Lipinski definition) is 2. The van der Waals surface area contributed by atoms with Gasteiger partial charge in [-0.05, 0) is 64.4 Å². The van der Waals surface area contributed by atoms with Crippen LogP contribution in [0.5, 0.6) is 0 Å². The summed E-state index contributed by atoms with van der Waals surface area (Å²) < 4.78 is 26.2. The Labute approximate surface area is 156 Å². The number of nitrogens with zero attached hydrogens (tertiary/aromatic N) is 1. The molecule has 0 aromatic heterocycles. The van der Waals surface area contributed by atoms with Crippen LogP contribution in [0, 0.1) is 0 Å². The third-order valence-corrected chi connectivity index (χ3v) is 6.65. The zero-order chi connectivity index (χ0) is 17.9. The maximum Gasteiger partial charge on any atom is 0.251 e. The number of amides is 1. The van der Waals surface area contributed by atoms with Gasteiger partial charge in [-0.15, -0.1) is 12.4 Å². The first kappa shape index (κ1) is 21.9. The molecule has 2 rings (SSSR count). The molecule has 0 aliphatic carbocycles. The highest BCUT2D eigenvalue weighted by atomic mass is 35.5. The summed E-state index contributed by atoms with van der Waals surface area (Å²) in [5.41, 5.74) is 0.471. The standard InChI is InChI=1S/C17H27N3O3S.ClH/c1-12(2)20(4)24(22,23)15-9-7-14(8-10-15)17(21)19-16-6-5-11-18-13(16)3;/h7-10,12-13,16,18H,5-6,11H2,1-4H3,(H,19,21);1H. The van der Waals surface area contributed by atoms with Gasteiger partial charge in [-0.1, -0.05) is 0 Å². The zero-order valence-corrected chi connectivity index (χ0v) is 16.8. The van der Waals surface area contributed by atoms with Crippen LogP contribution in [0.3, 0.4) is 0 Å². The fourth-order valence-corrected chi connectivity index (χ4v) is 4.08. The minimum atomic E-state index is -3.53. The predicted octanol–water partition coefficient (Wildman–Crippen LogP) is 2.01. The molecule has 1 aliphatic heterocycles. The second-order valence-electron chi connectivity index (χ2n) is 6.60. The second-order valence-corrected chi connectivity index (χ2v) is 8.60. The number of benzene rings is 1. The highest BCUT2D eigenvalue weighted by molar-refractivity contribution is 7.89. The van der Waals surface area contributed by atoms with E-state index in [-0.39, 0.29) is 41.3 Å². The number of halogens is 1. The molecule has 2 N–H and O–H groups in total. The molecular weight excluding hydrogens is 362 g/mol. The van der Waals surface area contributed by atoms with Crippen molar-refractivity contribution in [3.8, 4) is 0 Å². The summed E-state index contributed by atoms with van der Waals surface area (Å²) in [4.78, 5) is 12.6. The lowest BCUT2D eigenvalue weighted by molar-refractivity contribution is 0.0919. The Kier molecular flexibility index (Phi) is 7.87. The van der Waals surface area contributed by atoms with Crippen molar-refractivity contribution in [1.82, 2.24) is 14.9 Å². The van der Waals surface area contributed by atoms with Gasteiger partial charge in [-0.2, -0.15) is 4.31 Å². The molecule has 2 unspecified atom stereocenters. The van der Waals surface area contributed by atoms with Crippen molar-refractivity contribution < 1.29 is 13.2 Å². The third kappa shape index (κ3) is 5.17. The van der Waals surface area contributed by atoms with E-state index in [1.807, 2.05) is 13.8 Å². The van der Waals surface area contributed by atoms with Crippen LogP contribution in [0.4, 0.5) is 0 Å². The Morgan fingerprint density at radius 3 is 2.40 bits per heavy atom. The maximum absolute atomic E-state index is 12.4. The van der Waals surface area contributed by atoms with Crippen LogP contribution < -0.4 is 10.6 Å². The number of nitrogens with one attached hydrogen (secondary N) is 2. The molecular formula is C17H28ClN3O3S. The van der Waals surface area contributed by atoms with Gasteiger partial charge >= 0.3 is 0 Å². The van der Waals surface area contributed by atoms with Gasteiger partial charge in [0.2, 0.25) is 10.0 Å². The Morgan fingerprint density at radius 1 is 1.28 bits per heavy atom. The summed E-state index contributed by atoms with van der Waals surface area (Å²) in [6.07, 6.45) is 1.99. The van der Waals surface area contributed by atoms with Crippen molar-refractivity contribution in [1.29, 1.82) is 0 Å². The quantitative estimate of drug-likeness (QED) is 0.807. The van der Waals surface area contributed by atoms with E-state index in [9.17, 15) is 13.2 Å². The molecule has 8 heteroatoms. The SMILES string of the molecule is CC1NCCCC1NC(=O)c1ccc(S(=O)(=O)N(C)C(C)C)cc1.Cl. The minimum absolute atomic E-state index is 0. The molecule has 0 bridgehead atoms. The molecule has 0 radical (unpaired) electrons. The first-order valence-corrected chi connectivity index (χ1v) is 9.80. The largest absolute Gasteiger partial charge is 0.348 e. The molecule has 1 saturated heterocycles. The number of hydrogen-bond acceptors (Lipinski definition) is 4. The monoisotopic (exact) mass is 389 g/mol. The Morgan fingerprint density at radius 2 is 1.88 bits per heavy atom. The highest BCUT2D eigenvalue weighted by Gasteiger charge is 2.25. The maximum atomic E-state index is 12.4. The first-order valence-electron chi connectivity index (χ1n) is 8.36. The van der Waals surface area contributed by atoms with Gasteiger partial charge in [-0.3, -0.25) is 4.79 Å². The molecule has 25 heavy (non-hydrogen) atoms. The molecule has 1 aromatic carbocycles. The molecule has 0 saturated carbocycles. The van der Waals surface area contributed by atoms with Crippen LogP contribution in [-0.2, 0) is 10.0 Å². The Bertz CT molecular complexity index is 677. The van der Waals surface area contributed by atoms with Crippen LogP contribution in [0.1, 0.15) is 44.0 Å². The van der Waals surface area contributed by atoms with Gasteiger partial charge in [0.05, 0.1) is 4.90 Å². The molecule has 2 atom stereocenters. The van der Waals surface area contributed by atoms with Gasteiger partial charge < -0.3 is 10.6 Å². The van der Waals surface area contributed by atoms with Crippen molar-refractivity contribution in [3.63, 3.8) is 0 Å². The molecule has 142 valence electrons. The van der Waals surface area contributed by atoms with E-state index < -0.39 is 10.0 Å². The summed E-state index contributed by atoms with van der Waals surface area (Å²) in [6.45, 7) is 6.67. The van der Waals surface area contributed by atoms with Crippen molar-refractivity contribution in [2.75, 3.05) is 13.6 Å². The normalized spacial score (nSPS) is 21.0. The number of carbonyl (C=O) groups is 1. The summed E-state index contributed by atoms with van der Waals surface area (Å²) in [7, 11) is -1.97. The summed E-state index contributed by atoms with van der Waals surface area (Å²) >= 11 is 0. The topological polar surface area (TPSA) is 78.5 Å². The summed E-state index contributed by atoms with van der Waals surface area (Å²) in [6, 6.07) is 6.33. The minimum Gasteiger partial charge on any atom is -0.348 e. The lowest BCUT2D eigenvalue weighted by Gasteiger charge is -2.30. The lowest BCUT2D eigenvalue weighted by Crippen LogP contribution is -2.51. The molecule has 6 nitrogen and oxygen atoms in total. The smallest absolute Gasteiger partial charge is 0.251 e. The van der Waals surface area contributed by atoms with Gasteiger partial charge in [-0.25, -0.2) is 8.42 Å². The predicted molar refractivity (Wildman–Crippen MR) is 102 cm³/mol. The van der Waals surface area contributed by atoms with Gasteiger partial charge in [0, 0.05) is 30.7 Å². The lowest BCUT2D eigenvalue weighted by atomic mass is 9.99. The average Bonchev–Trinajstić information content (AvgIpc) is 2.56. The van der Waals surface area contributed by atoms with Gasteiger partial charge in [0.15, 0.2) is 0 Å². The number of carbonyl (C=O) groups excluding carboxylic acids is 1. The molecule has 1 amide bonds. The van der Waals surface area contributed by atoms with E-state index in [2.05, 4.69) is 17.6 Å². The Balaban J connectivity index is 0.00000312. The van der Waals surface area contributed by atoms with Crippen molar-refractivity contribution in [2.45, 2.75) is 56.6 Å². The molecule has 1 aliphatic rings. The van der Waals surface area contributed by atoms with E-state index in [0.717, 1.165) is 19.4 Å². The summed E-state index contributed by atoms with van der Waals surface area (Å²) in [5.74, 6) is -0.170. The average molecular weight is 390 g/mol. The van der Waals surface area contributed by atoms with E-state index >= 15 is 0 Å². The molecule has 1 heterocycles. The summed E-state index contributed by atoms with van der Waals surface area (Å²) in [5, 5.41) is 6.36. The first-order chi connectivity index (χ1) is 11.2. The van der Waals surface area contributed by atoms with Crippen molar-refractivity contribution >= 4 is 28.3 Å². The van der Waals surface area contributed by atoms with E-state index in [0.29, 0.717) is 5.56 Å². The molecule has 0 spiro atoms. The number of sulfonamides is 1. The van der Waals surface area contributed by atoms with Crippen LogP contribution >= 0.6 is 12.4 Å². The van der Waals surface area contributed by atoms with Gasteiger partial charge in [0.1, 0.15) is 0 Å². The van der Waals surface area contributed by atoms with Crippen LogP contribution in [0.15, 0.2) is 29.2 Å². The van der Waals surface area contributed by atoms with E-state index in [1.54, 1.807) is 19.2 Å². The second kappa shape index (κ2) is 8.98. The van der Waals surface area contributed by atoms with Crippen molar-refractivity contribution in [2.24, 2.45) is 0 Å². The van der Waals surface area contributed by atoms with Crippen LogP contribution in [0.25, 0.3) is 0 Å². The zero-order valence-electron chi connectivity index (χ0n) is 15.2. The highest BCUT2D eigenvalue weighted by Crippen LogP contribution is 2.17. The van der Waals surface area contributed by atoms with Crippen molar-refractivity contribution in [3.05, 3.63) is 29.8 Å². The Hall–Kier alpha value is -1.15. The fourth-order valence-electron chi connectivity index (χ4n) is 2.71. The van der Waals surface area contributed by atoms with Crippen LogP contribution in [0.2, 0.25) is 0 Å². The molecule has 1 fully saturated rings. The number of piperidine rings is 1. The van der Waals surface area contributed by atoms with E-state index in [1.165, 1.54) is 16.4 Å². The van der Waals surface area contributed by atoms with Gasteiger partial charge in [0.25, 0.3) is 5.91 Å². The fraction of sp³-hybridized carbons (Fsp3) is 0.588. The number of rotatable bonds is 5. The van der Waals surface area contributed by atoms with E-state index in [4.69, 9.17) is 0 Å². The van der Waals surface area contributed by atoms with Crippen LogP contribution in [-0.4, -0.2) is 50.3 Å². The molecule has 1 aromatic rings. The third-order valence-electron chi connectivity index (χ3n) is 4.60.